The minimum Gasteiger partial charge on any atom is -0.396 e. The number of fused-ring (bicyclic) bond motifs is 2. The fourth-order valence-corrected chi connectivity index (χ4v) is 4.44. The van der Waals surface area contributed by atoms with Crippen LogP contribution in [0.4, 0.5) is 8.78 Å². The van der Waals surface area contributed by atoms with E-state index in [1.807, 2.05) is 0 Å². The zero-order valence-corrected chi connectivity index (χ0v) is 9.25. The minimum absolute atomic E-state index is 0.140. The van der Waals surface area contributed by atoms with Crippen LogP contribution in [-0.4, -0.2) is 28.3 Å². The van der Waals surface area contributed by atoms with Crippen molar-refractivity contribution in [2.75, 3.05) is 6.61 Å². The van der Waals surface area contributed by atoms with Crippen LogP contribution in [0.15, 0.2) is 0 Å². The van der Waals surface area contributed by atoms with Crippen molar-refractivity contribution >= 4 is 0 Å². The number of halogens is 2. The first kappa shape index (κ1) is 10.9. The summed E-state index contributed by atoms with van der Waals surface area (Å²) in [5, 5.41) is 20.1. The van der Waals surface area contributed by atoms with E-state index in [9.17, 15) is 19.0 Å². The minimum atomic E-state index is -2.68. The highest BCUT2D eigenvalue weighted by molar-refractivity contribution is 5.16. The van der Waals surface area contributed by atoms with Gasteiger partial charge >= 0.3 is 0 Å². The lowest BCUT2D eigenvalue weighted by atomic mass is 9.53. The van der Waals surface area contributed by atoms with Crippen molar-refractivity contribution in [1.29, 1.82) is 0 Å². The maximum absolute atomic E-state index is 13.1. The number of aliphatic hydroxyl groups excluding tert-OH is 1. The molecule has 4 heteroatoms. The smallest absolute Gasteiger partial charge is 0.249 e. The van der Waals surface area contributed by atoms with Gasteiger partial charge in [0.05, 0.1) is 12.2 Å². The summed E-state index contributed by atoms with van der Waals surface area (Å²) < 4.78 is 26.1. The van der Waals surface area contributed by atoms with E-state index in [1.54, 1.807) is 0 Å². The van der Waals surface area contributed by atoms with Crippen LogP contribution in [0.5, 0.6) is 0 Å². The Morgan fingerprint density at radius 3 is 2.25 bits per heavy atom. The fourth-order valence-electron chi connectivity index (χ4n) is 4.44. The van der Waals surface area contributed by atoms with Crippen LogP contribution < -0.4 is 0 Å². The Morgan fingerprint density at radius 1 is 1.19 bits per heavy atom. The lowest BCUT2D eigenvalue weighted by Gasteiger charge is -2.57. The van der Waals surface area contributed by atoms with E-state index in [0.717, 1.165) is 19.3 Å². The summed E-state index contributed by atoms with van der Waals surface area (Å²) in [5.41, 5.74) is -1.94. The molecule has 0 heterocycles. The predicted molar refractivity (Wildman–Crippen MR) is 54.1 cm³/mol. The van der Waals surface area contributed by atoms with Crippen molar-refractivity contribution in [3.8, 4) is 0 Å². The molecule has 0 aromatic carbocycles. The summed E-state index contributed by atoms with van der Waals surface area (Å²) in [7, 11) is 0. The second kappa shape index (κ2) is 2.96. The van der Waals surface area contributed by atoms with Crippen LogP contribution >= 0.6 is 0 Å². The van der Waals surface area contributed by atoms with Crippen molar-refractivity contribution in [3.63, 3.8) is 0 Å². The highest BCUT2D eigenvalue weighted by Crippen LogP contribution is 2.66. The molecule has 3 atom stereocenters. The van der Waals surface area contributed by atoms with Gasteiger partial charge < -0.3 is 10.2 Å². The lowest BCUT2D eigenvalue weighted by molar-refractivity contribution is -0.265. The van der Waals surface area contributed by atoms with Gasteiger partial charge in [-0.1, -0.05) is 0 Å². The molecule has 2 nitrogen and oxygen atoms in total. The molecule has 3 saturated carbocycles. The zero-order valence-electron chi connectivity index (χ0n) is 9.25. The summed E-state index contributed by atoms with van der Waals surface area (Å²) in [6.07, 6.45) is 2.96. The van der Waals surface area contributed by atoms with Crippen LogP contribution in [0.1, 0.15) is 38.5 Å². The van der Waals surface area contributed by atoms with Crippen LogP contribution in [-0.2, 0) is 0 Å². The van der Waals surface area contributed by atoms with E-state index in [-0.39, 0.29) is 25.4 Å². The van der Waals surface area contributed by atoms with Gasteiger partial charge in [0.1, 0.15) is 0 Å². The Morgan fingerprint density at radius 2 is 1.88 bits per heavy atom. The Hall–Kier alpha value is -0.220. The van der Waals surface area contributed by atoms with E-state index < -0.39 is 16.9 Å². The van der Waals surface area contributed by atoms with E-state index >= 15 is 0 Å². The fraction of sp³-hybridized carbons (Fsp3) is 1.00. The number of hydrogen-bond acceptors (Lipinski definition) is 2. The van der Waals surface area contributed by atoms with E-state index in [0.29, 0.717) is 12.3 Å². The molecule has 0 aromatic heterocycles. The third-order valence-corrected chi connectivity index (χ3v) is 5.23. The maximum Gasteiger partial charge on any atom is 0.249 e. The van der Waals surface area contributed by atoms with Gasteiger partial charge in [-0.25, -0.2) is 8.78 Å². The van der Waals surface area contributed by atoms with Crippen LogP contribution in [0.25, 0.3) is 0 Å². The maximum atomic E-state index is 13.1. The average molecular weight is 232 g/mol. The van der Waals surface area contributed by atoms with Crippen molar-refractivity contribution in [1.82, 2.24) is 0 Å². The third-order valence-electron chi connectivity index (χ3n) is 5.23. The number of aliphatic hydroxyl groups is 2. The Balaban J connectivity index is 1.86. The molecule has 0 aromatic rings. The van der Waals surface area contributed by atoms with Crippen molar-refractivity contribution in [2.45, 2.75) is 50.0 Å². The van der Waals surface area contributed by atoms with Crippen molar-refractivity contribution < 1.29 is 19.0 Å². The van der Waals surface area contributed by atoms with Gasteiger partial charge in [0.25, 0.3) is 0 Å². The quantitative estimate of drug-likeness (QED) is 0.764. The summed E-state index contributed by atoms with van der Waals surface area (Å²) in [6.45, 7) is -0.303. The van der Waals surface area contributed by atoms with Gasteiger partial charge in [0, 0.05) is 18.3 Å². The summed E-state index contributed by atoms with van der Waals surface area (Å²) >= 11 is 0. The molecule has 3 fully saturated rings. The molecule has 0 aliphatic heterocycles. The van der Waals surface area contributed by atoms with Crippen molar-refractivity contribution in [2.24, 2.45) is 17.3 Å². The first-order valence-corrected chi connectivity index (χ1v) is 6.12. The summed E-state index contributed by atoms with van der Waals surface area (Å²) in [6, 6.07) is 0. The number of rotatable bonds is 2. The van der Waals surface area contributed by atoms with Crippen LogP contribution in [0, 0.1) is 17.3 Å². The third kappa shape index (κ3) is 1.17. The van der Waals surface area contributed by atoms with Crippen LogP contribution in [0.3, 0.4) is 0 Å². The van der Waals surface area contributed by atoms with Gasteiger partial charge in [-0.15, -0.1) is 0 Å². The molecular formula is C12H18F2O2. The second-order valence-corrected chi connectivity index (χ2v) is 6.15. The van der Waals surface area contributed by atoms with Gasteiger partial charge in [0.2, 0.25) is 5.92 Å². The zero-order chi connectivity index (χ0) is 11.6. The number of alkyl halides is 2. The molecule has 92 valence electrons. The molecule has 2 N–H and O–H groups in total. The van der Waals surface area contributed by atoms with E-state index in [2.05, 4.69) is 0 Å². The Labute approximate surface area is 93.7 Å². The first-order valence-electron chi connectivity index (χ1n) is 6.12. The molecule has 0 radical (unpaired) electrons. The molecule has 0 spiro atoms. The molecular weight excluding hydrogens is 214 g/mol. The first-order chi connectivity index (χ1) is 7.41. The second-order valence-electron chi connectivity index (χ2n) is 6.15. The van der Waals surface area contributed by atoms with Gasteiger partial charge in [-0.3, -0.25) is 0 Å². The molecule has 2 bridgehead atoms. The van der Waals surface area contributed by atoms with Gasteiger partial charge in [0.15, 0.2) is 0 Å². The monoisotopic (exact) mass is 232 g/mol. The van der Waals surface area contributed by atoms with Crippen molar-refractivity contribution in [3.05, 3.63) is 0 Å². The largest absolute Gasteiger partial charge is 0.396 e. The standard InChI is InChI=1S/C12H18F2O2/c13-11(14)5-10(6-11,7-15)12(16)4-8-1-2-9(12)3-8/h8-9,15-16H,1-7H2. The lowest BCUT2D eigenvalue weighted by Crippen LogP contribution is -2.64. The summed E-state index contributed by atoms with van der Waals surface area (Å²) in [5.74, 6) is -2.05. The Bertz CT molecular complexity index is 310. The molecule has 3 aliphatic carbocycles. The Kier molecular flexibility index (Phi) is 2.02. The summed E-state index contributed by atoms with van der Waals surface area (Å²) in [4.78, 5) is 0. The predicted octanol–water partition coefficient (Wildman–Crippen LogP) is 1.95. The molecule has 3 rings (SSSR count). The average Bonchev–Trinajstić information content (AvgIpc) is 2.72. The molecule has 16 heavy (non-hydrogen) atoms. The SMILES string of the molecule is OCC1(C2(O)CC3CCC2C3)CC(F)(F)C1. The topological polar surface area (TPSA) is 40.5 Å². The van der Waals surface area contributed by atoms with Gasteiger partial charge in [-0.05, 0) is 37.5 Å². The number of hydrogen-bond donors (Lipinski definition) is 2. The molecule has 3 aliphatic rings. The van der Waals surface area contributed by atoms with E-state index in [1.165, 1.54) is 0 Å². The normalized spacial score (nSPS) is 48.0. The molecule has 3 unspecified atom stereocenters. The highest BCUT2D eigenvalue weighted by atomic mass is 19.3. The molecule has 0 amide bonds. The highest BCUT2D eigenvalue weighted by Gasteiger charge is 2.70. The van der Waals surface area contributed by atoms with Gasteiger partial charge in [-0.2, -0.15) is 0 Å². The van der Waals surface area contributed by atoms with E-state index in [4.69, 9.17) is 0 Å². The molecule has 0 saturated heterocycles. The van der Waals surface area contributed by atoms with Crippen LogP contribution in [0.2, 0.25) is 0 Å².